The minimum Gasteiger partial charge on any atom is -0.454 e. The highest BCUT2D eigenvalue weighted by Gasteiger charge is 2.18. The first kappa shape index (κ1) is 16.0. The fourth-order valence-electron chi connectivity index (χ4n) is 2.40. The van der Waals surface area contributed by atoms with Crippen LogP contribution in [0.5, 0.6) is 11.5 Å². The molecule has 0 spiro atoms. The van der Waals surface area contributed by atoms with E-state index in [9.17, 15) is 4.79 Å². The van der Waals surface area contributed by atoms with Gasteiger partial charge in [-0.3, -0.25) is 4.79 Å². The van der Waals surface area contributed by atoms with Gasteiger partial charge in [0.2, 0.25) is 6.79 Å². The van der Waals surface area contributed by atoms with Crippen molar-refractivity contribution in [2.75, 3.05) is 13.0 Å². The molecule has 1 heterocycles. The van der Waals surface area contributed by atoms with Crippen molar-refractivity contribution < 1.29 is 14.3 Å². The number of ether oxygens (including phenoxy) is 2. The van der Waals surface area contributed by atoms with E-state index in [1.807, 2.05) is 37.4 Å². The van der Waals surface area contributed by atoms with Crippen molar-refractivity contribution in [1.82, 2.24) is 5.32 Å². The van der Waals surface area contributed by atoms with Gasteiger partial charge in [0.05, 0.1) is 11.6 Å². The molecular weight excluding hydrogens is 334 g/mol. The smallest absolute Gasteiger partial charge is 0.252 e. The molecule has 0 radical (unpaired) electrons. The highest BCUT2D eigenvalue weighted by molar-refractivity contribution is 7.98. The van der Waals surface area contributed by atoms with Crippen LogP contribution < -0.4 is 14.8 Å². The number of benzene rings is 2. The third kappa shape index (κ3) is 3.41. The van der Waals surface area contributed by atoms with Crippen LogP contribution in [0, 0.1) is 0 Å². The van der Waals surface area contributed by atoms with Crippen molar-refractivity contribution in [3.05, 3.63) is 52.5 Å². The molecule has 3 rings (SSSR count). The first-order chi connectivity index (χ1) is 11.1. The molecule has 1 amide bonds. The zero-order valence-electron chi connectivity index (χ0n) is 12.8. The van der Waals surface area contributed by atoms with Crippen molar-refractivity contribution in [2.24, 2.45) is 0 Å². The lowest BCUT2D eigenvalue weighted by atomic mass is 10.1. The van der Waals surface area contributed by atoms with E-state index in [1.54, 1.807) is 12.1 Å². The van der Waals surface area contributed by atoms with Gasteiger partial charge in [0.15, 0.2) is 11.5 Å². The number of thioether (sulfide) groups is 1. The number of amides is 1. The van der Waals surface area contributed by atoms with Crippen LogP contribution in [-0.4, -0.2) is 19.0 Å². The van der Waals surface area contributed by atoms with Crippen LogP contribution in [0.1, 0.15) is 28.9 Å². The molecule has 0 aliphatic carbocycles. The van der Waals surface area contributed by atoms with E-state index in [2.05, 4.69) is 5.32 Å². The van der Waals surface area contributed by atoms with Crippen LogP contribution in [0.25, 0.3) is 0 Å². The van der Waals surface area contributed by atoms with Crippen LogP contribution in [0.15, 0.2) is 41.3 Å². The number of carbonyl (C=O) groups excluding carboxylic acids is 1. The normalized spacial score (nSPS) is 13.7. The van der Waals surface area contributed by atoms with Gasteiger partial charge in [-0.05, 0) is 49.1 Å². The van der Waals surface area contributed by atoms with Gasteiger partial charge >= 0.3 is 0 Å². The minimum absolute atomic E-state index is 0.151. The molecule has 6 heteroatoms. The summed E-state index contributed by atoms with van der Waals surface area (Å²) in [4.78, 5) is 13.4. The summed E-state index contributed by atoms with van der Waals surface area (Å²) in [6.07, 6.45) is 1.93. The first-order valence-corrected chi connectivity index (χ1v) is 8.72. The number of carbonyl (C=O) groups is 1. The predicted octanol–water partition coefficient (Wildman–Crippen LogP) is 4.28. The summed E-state index contributed by atoms with van der Waals surface area (Å²) in [5.41, 5.74) is 1.54. The fraction of sp³-hybridized carbons (Fsp3) is 0.235. The van der Waals surface area contributed by atoms with Crippen LogP contribution in [-0.2, 0) is 0 Å². The Morgan fingerprint density at radius 3 is 2.78 bits per heavy atom. The zero-order valence-corrected chi connectivity index (χ0v) is 14.3. The quantitative estimate of drug-likeness (QED) is 0.837. The minimum atomic E-state index is -0.161. The van der Waals surface area contributed by atoms with Crippen LogP contribution >= 0.6 is 23.4 Å². The second-order valence-corrected chi connectivity index (χ2v) is 6.44. The zero-order chi connectivity index (χ0) is 16.4. The third-order valence-electron chi connectivity index (χ3n) is 3.65. The lowest BCUT2D eigenvalue weighted by Crippen LogP contribution is -2.27. The van der Waals surface area contributed by atoms with Gasteiger partial charge in [-0.15, -0.1) is 11.8 Å². The first-order valence-electron chi connectivity index (χ1n) is 7.12. The molecule has 120 valence electrons. The molecule has 0 aromatic heterocycles. The Morgan fingerprint density at radius 2 is 2.00 bits per heavy atom. The molecule has 1 aliphatic heterocycles. The van der Waals surface area contributed by atoms with Crippen molar-refractivity contribution in [3.63, 3.8) is 0 Å². The summed E-state index contributed by atoms with van der Waals surface area (Å²) in [6, 6.07) is 10.8. The van der Waals surface area contributed by atoms with Gasteiger partial charge in [-0.1, -0.05) is 17.7 Å². The third-order valence-corrected chi connectivity index (χ3v) is 4.68. The van der Waals surface area contributed by atoms with E-state index >= 15 is 0 Å². The van der Waals surface area contributed by atoms with E-state index in [0.717, 1.165) is 16.2 Å². The number of hydrogen-bond acceptors (Lipinski definition) is 4. The van der Waals surface area contributed by atoms with Crippen molar-refractivity contribution in [1.29, 1.82) is 0 Å². The monoisotopic (exact) mass is 349 g/mol. The average Bonchev–Trinajstić information content (AvgIpc) is 3.02. The highest BCUT2D eigenvalue weighted by atomic mass is 35.5. The summed E-state index contributed by atoms with van der Waals surface area (Å²) >= 11 is 7.53. The Labute approximate surface area is 144 Å². The number of halogens is 1. The van der Waals surface area contributed by atoms with E-state index < -0.39 is 0 Å². The number of fused-ring (bicyclic) bond motifs is 1. The summed E-state index contributed by atoms with van der Waals surface area (Å²) in [6.45, 7) is 2.16. The van der Waals surface area contributed by atoms with E-state index in [0.29, 0.717) is 16.3 Å². The molecule has 1 N–H and O–H groups in total. The molecule has 23 heavy (non-hydrogen) atoms. The van der Waals surface area contributed by atoms with Gasteiger partial charge < -0.3 is 14.8 Å². The molecule has 0 saturated carbocycles. The van der Waals surface area contributed by atoms with Crippen LogP contribution in [0.4, 0.5) is 0 Å². The molecule has 0 saturated heterocycles. The number of hydrogen-bond donors (Lipinski definition) is 1. The van der Waals surface area contributed by atoms with E-state index in [4.69, 9.17) is 21.1 Å². The predicted molar refractivity (Wildman–Crippen MR) is 91.7 cm³/mol. The average molecular weight is 350 g/mol. The molecule has 0 fully saturated rings. The lowest BCUT2D eigenvalue weighted by molar-refractivity contribution is 0.0937. The Bertz CT molecular complexity index is 751. The van der Waals surface area contributed by atoms with Crippen LogP contribution in [0.2, 0.25) is 5.02 Å². The fourth-order valence-corrected chi connectivity index (χ4v) is 3.15. The van der Waals surface area contributed by atoms with Crippen molar-refractivity contribution in [2.45, 2.75) is 17.9 Å². The largest absolute Gasteiger partial charge is 0.454 e. The Balaban J connectivity index is 1.78. The topological polar surface area (TPSA) is 47.6 Å². The molecule has 2 aromatic carbocycles. The Hall–Kier alpha value is -1.85. The van der Waals surface area contributed by atoms with Gasteiger partial charge in [-0.25, -0.2) is 0 Å². The van der Waals surface area contributed by atoms with Crippen LogP contribution in [0.3, 0.4) is 0 Å². The molecular formula is C17H16ClNO3S. The highest BCUT2D eigenvalue weighted by Crippen LogP contribution is 2.34. The molecule has 1 unspecified atom stereocenters. The Kier molecular flexibility index (Phi) is 4.68. The van der Waals surface area contributed by atoms with Gasteiger partial charge in [0.1, 0.15) is 0 Å². The second-order valence-electron chi connectivity index (χ2n) is 5.15. The second kappa shape index (κ2) is 6.72. The lowest BCUT2D eigenvalue weighted by Gasteiger charge is -2.16. The summed E-state index contributed by atoms with van der Waals surface area (Å²) in [5, 5.41) is 3.54. The molecule has 4 nitrogen and oxygen atoms in total. The maximum atomic E-state index is 12.6. The van der Waals surface area contributed by atoms with Gasteiger partial charge in [-0.2, -0.15) is 0 Å². The summed E-state index contributed by atoms with van der Waals surface area (Å²) in [7, 11) is 0. The summed E-state index contributed by atoms with van der Waals surface area (Å²) in [5.74, 6) is 1.28. The van der Waals surface area contributed by atoms with Gasteiger partial charge in [0, 0.05) is 9.92 Å². The molecule has 2 aromatic rings. The molecule has 1 atom stereocenters. The van der Waals surface area contributed by atoms with Crippen molar-refractivity contribution >= 4 is 29.3 Å². The summed E-state index contributed by atoms with van der Waals surface area (Å²) < 4.78 is 10.7. The van der Waals surface area contributed by atoms with Crippen molar-refractivity contribution in [3.8, 4) is 11.5 Å². The van der Waals surface area contributed by atoms with E-state index in [-0.39, 0.29) is 18.7 Å². The molecule has 0 bridgehead atoms. The Morgan fingerprint density at radius 1 is 1.22 bits per heavy atom. The molecule has 1 aliphatic rings. The maximum absolute atomic E-state index is 12.6. The SMILES string of the molecule is CSc1ccc(Cl)cc1C(=O)NC(C)c1ccc2c(c1)OCO2. The standard InChI is InChI=1S/C17H16ClNO3S/c1-10(11-3-5-14-15(7-11)22-9-21-14)19-17(20)13-8-12(18)4-6-16(13)23-2/h3-8,10H,9H2,1-2H3,(H,19,20). The maximum Gasteiger partial charge on any atom is 0.252 e. The number of rotatable bonds is 4. The van der Waals surface area contributed by atoms with Gasteiger partial charge in [0.25, 0.3) is 5.91 Å². The number of nitrogens with one attached hydrogen (secondary N) is 1. The van der Waals surface area contributed by atoms with E-state index in [1.165, 1.54) is 11.8 Å².